The van der Waals surface area contributed by atoms with Gasteiger partial charge in [-0.1, -0.05) is 99.3 Å². The number of hydrogen-bond acceptors (Lipinski definition) is 7. The summed E-state index contributed by atoms with van der Waals surface area (Å²) >= 11 is 0. The van der Waals surface area contributed by atoms with Crippen LogP contribution in [0.5, 0.6) is 17.2 Å². The summed E-state index contributed by atoms with van der Waals surface area (Å²) in [5, 5.41) is 0. The molecule has 1 aliphatic heterocycles. The molecule has 2 rings (SSSR count). The van der Waals surface area contributed by atoms with Gasteiger partial charge < -0.3 is 24.0 Å². The van der Waals surface area contributed by atoms with Gasteiger partial charge in [0.2, 0.25) is 5.75 Å². The largest absolute Gasteiger partial charge is 0.489 e. The molecular weight excluding hydrogens is 576 g/mol. The molecule has 1 aromatic carbocycles. The van der Waals surface area contributed by atoms with Crippen LogP contribution in [0, 0.1) is 17.8 Å². The third-order valence-electron chi connectivity index (χ3n) is 9.73. The van der Waals surface area contributed by atoms with Crippen molar-refractivity contribution in [3.8, 4) is 17.2 Å². The maximum atomic E-state index is 6.66. The Hall–Kier alpha value is -1.54. The van der Waals surface area contributed by atoms with Crippen molar-refractivity contribution in [1.29, 1.82) is 0 Å². The first-order valence-corrected chi connectivity index (χ1v) is 19.2. The van der Waals surface area contributed by atoms with Gasteiger partial charge in [0.25, 0.3) is 0 Å². The fourth-order valence-corrected chi connectivity index (χ4v) is 5.97. The van der Waals surface area contributed by atoms with E-state index < -0.39 is 0 Å². The van der Waals surface area contributed by atoms with Gasteiger partial charge in [-0.3, -0.25) is 0 Å². The normalized spacial score (nSPS) is 16.3. The lowest BCUT2D eigenvalue weighted by Gasteiger charge is -2.32. The molecule has 0 spiro atoms. The van der Waals surface area contributed by atoms with Gasteiger partial charge in [0.1, 0.15) is 6.61 Å². The molecule has 0 amide bonds. The molecule has 1 heterocycles. The van der Waals surface area contributed by atoms with Gasteiger partial charge in [0.05, 0.1) is 26.4 Å². The fourth-order valence-electron chi connectivity index (χ4n) is 5.97. The van der Waals surface area contributed by atoms with Crippen molar-refractivity contribution < 1.29 is 24.0 Å². The molecule has 1 aliphatic rings. The number of piperazine rings is 1. The highest BCUT2D eigenvalue weighted by Crippen LogP contribution is 2.41. The SMILES string of the molecule is CCCCC(CC)COc1cc(COOCCCN2CCN(C)CC2)cc(OCC(CC)CCCC)c1OCC(CC)CCCC. The molecule has 1 aromatic rings. The maximum absolute atomic E-state index is 6.66. The van der Waals surface area contributed by atoms with Crippen molar-refractivity contribution in [1.82, 2.24) is 9.80 Å². The average molecular weight is 649 g/mol. The molecule has 46 heavy (non-hydrogen) atoms. The lowest BCUT2D eigenvalue weighted by Crippen LogP contribution is -2.44. The zero-order valence-corrected chi connectivity index (χ0v) is 31.1. The van der Waals surface area contributed by atoms with Crippen LogP contribution in [0.2, 0.25) is 0 Å². The molecule has 7 heteroatoms. The topological polar surface area (TPSA) is 52.6 Å². The first-order chi connectivity index (χ1) is 22.5. The van der Waals surface area contributed by atoms with Crippen LogP contribution in [0.25, 0.3) is 0 Å². The number of hydrogen-bond donors (Lipinski definition) is 0. The van der Waals surface area contributed by atoms with E-state index in [1.807, 2.05) is 0 Å². The predicted molar refractivity (Wildman–Crippen MR) is 192 cm³/mol. The summed E-state index contributed by atoms with van der Waals surface area (Å²) in [5.74, 6) is 3.85. The summed E-state index contributed by atoms with van der Waals surface area (Å²) in [6, 6.07) is 4.17. The van der Waals surface area contributed by atoms with Crippen LogP contribution in [-0.2, 0) is 16.4 Å². The second kappa shape index (κ2) is 25.5. The number of likely N-dealkylation sites (N-methyl/N-ethyl adjacent to an activating group) is 1. The minimum atomic E-state index is 0.343. The number of unbranched alkanes of at least 4 members (excludes halogenated alkanes) is 3. The minimum Gasteiger partial charge on any atom is -0.489 e. The van der Waals surface area contributed by atoms with Crippen molar-refractivity contribution in [2.75, 3.05) is 66.2 Å². The lowest BCUT2D eigenvalue weighted by molar-refractivity contribution is -0.304. The van der Waals surface area contributed by atoms with Gasteiger partial charge in [-0.05, 0) is 68.2 Å². The third kappa shape index (κ3) is 16.5. The van der Waals surface area contributed by atoms with Crippen LogP contribution in [0.4, 0.5) is 0 Å². The van der Waals surface area contributed by atoms with E-state index >= 15 is 0 Å². The number of nitrogens with zero attached hydrogens (tertiary/aromatic N) is 2. The summed E-state index contributed by atoms with van der Waals surface area (Å²) in [4.78, 5) is 16.3. The van der Waals surface area contributed by atoms with Crippen LogP contribution in [0.3, 0.4) is 0 Å². The molecular formula is C39H72N2O5. The van der Waals surface area contributed by atoms with Crippen molar-refractivity contribution in [3.63, 3.8) is 0 Å². The smallest absolute Gasteiger partial charge is 0.203 e. The van der Waals surface area contributed by atoms with E-state index in [1.54, 1.807) is 0 Å². The summed E-state index contributed by atoms with van der Waals surface area (Å²) in [6.07, 6.45) is 15.1. The van der Waals surface area contributed by atoms with E-state index in [0.29, 0.717) is 50.8 Å². The van der Waals surface area contributed by atoms with Gasteiger partial charge >= 0.3 is 0 Å². The summed E-state index contributed by atoms with van der Waals surface area (Å²) in [5.41, 5.74) is 0.984. The average Bonchev–Trinajstić information content (AvgIpc) is 3.07. The van der Waals surface area contributed by atoms with Crippen LogP contribution in [0.15, 0.2) is 12.1 Å². The van der Waals surface area contributed by atoms with Crippen molar-refractivity contribution in [2.24, 2.45) is 17.8 Å². The first-order valence-electron chi connectivity index (χ1n) is 19.2. The molecule has 3 unspecified atom stereocenters. The molecule has 1 fully saturated rings. The Balaban J connectivity index is 2.20. The standard InChI is InChI=1S/C39H72N2O5/c1-8-14-18-33(11-4)29-42-37-27-36(32-46-45-26-17-21-41-24-22-40(7)23-25-41)28-38(43-30-34(12-5)19-15-9-2)39(37)44-31-35(13-6)20-16-10-3/h27-28,33-35H,8-26,29-32H2,1-7H3. The monoisotopic (exact) mass is 649 g/mol. The molecule has 0 aliphatic carbocycles. The summed E-state index contributed by atoms with van der Waals surface area (Å²) in [7, 11) is 2.19. The van der Waals surface area contributed by atoms with Gasteiger partial charge in [0.15, 0.2) is 11.5 Å². The summed E-state index contributed by atoms with van der Waals surface area (Å²) in [6.45, 7) is 22.1. The zero-order valence-electron chi connectivity index (χ0n) is 31.1. The Bertz CT molecular complexity index is 835. The maximum Gasteiger partial charge on any atom is 0.203 e. The molecule has 0 bridgehead atoms. The Kier molecular flexibility index (Phi) is 22.5. The number of ether oxygens (including phenoxy) is 3. The third-order valence-corrected chi connectivity index (χ3v) is 9.73. The zero-order chi connectivity index (χ0) is 33.4. The van der Waals surface area contributed by atoms with Crippen molar-refractivity contribution >= 4 is 0 Å². The van der Waals surface area contributed by atoms with E-state index in [2.05, 4.69) is 70.5 Å². The van der Waals surface area contributed by atoms with Crippen LogP contribution in [0.1, 0.15) is 131 Å². The summed E-state index contributed by atoms with van der Waals surface area (Å²) < 4.78 is 19.9. The molecule has 268 valence electrons. The molecule has 0 aromatic heterocycles. The molecule has 1 saturated heterocycles. The predicted octanol–water partition coefficient (Wildman–Crippen LogP) is 9.56. The highest BCUT2D eigenvalue weighted by Gasteiger charge is 2.21. The fraction of sp³-hybridized carbons (Fsp3) is 0.846. The second-order valence-electron chi connectivity index (χ2n) is 13.7. The van der Waals surface area contributed by atoms with E-state index in [4.69, 9.17) is 24.0 Å². The Morgan fingerprint density at radius 2 is 1.09 bits per heavy atom. The number of benzene rings is 1. The quantitative estimate of drug-likeness (QED) is 0.0510. The van der Waals surface area contributed by atoms with Crippen molar-refractivity contribution in [2.45, 2.75) is 132 Å². The first kappa shape index (κ1) is 40.6. The van der Waals surface area contributed by atoms with Crippen LogP contribution >= 0.6 is 0 Å². The Labute approximate surface area is 283 Å². The molecule has 0 saturated carbocycles. The highest BCUT2D eigenvalue weighted by molar-refractivity contribution is 5.54. The van der Waals surface area contributed by atoms with E-state index in [9.17, 15) is 0 Å². The lowest BCUT2D eigenvalue weighted by atomic mass is 10.00. The van der Waals surface area contributed by atoms with Crippen LogP contribution in [-0.4, -0.2) is 76.0 Å². The van der Waals surface area contributed by atoms with E-state index in [-0.39, 0.29) is 0 Å². The van der Waals surface area contributed by atoms with E-state index in [0.717, 1.165) is 81.2 Å². The second-order valence-corrected chi connectivity index (χ2v) is 13.7. The number of rotatable bonds is 28. The molecule has 7 nitrogen and oxygen atoms in total. The molecule has 0 radical (unpaired) electrons. The van der Waals surface area contributed by atoms with Gasteiger partial charge in [-0.2, -0.15) is 0 Å². The molecule has 3 atom stereocenters. The minimum absolute atomic E-state index is 0.343. The van der Waals surface area contributed by atoms with Crippen LogP contribution < -0.4 is 14.2 Å². The Morgan fingerprint density at radius 1 is 0.609 bits per heavy atom. The Morgan fingerprint density at radius 3 is 1.54 bits per heavy atom. The van der Waals surface area contributed by atoms with E-state index in [1.165, 1.54) is 57.8 Å². The molecule has 0 N–H and O–H groups in total. The van der Waals surface area contributed by atoms with Gasteiger partial charge in [0, 0.05) is 32.7 Å². The van der Waals surface area contributed by atoms with Gasteiger partial charge in [-0.25, -0.2) is 9.78 Å². The van der Waals surface area contributed by atoms with Crippen molar-refractivity contribution in [3.05, 3.63) is 17.7 Å². The van der Waals surface area contributed by atoms with Gasteiger partial charge in [-0.15, -0.1) is 0 Å². The highest BCUT2D eigenvalue weighted by atomic mass is 17.2.